The van der Waals surface area contributed by atoms with Crippen molar-refractivity contribution in [2.45, 2.75) is 114 Å². The van der Waals surface area contributed by atoms with Gasteiger partial charge in [0.1, 0.15) is 41.6 Å². The van der Waals surface area contributed by atoms with E-state index in [-0.39, 0.29) is 61.6 Å². The summed E-state index contributed by atoms with van der Waals surface area (Å²) in [4.78, 5) is 83.7. The number of aliphatic hydroxyl groups is 1. The van der Waals surface area contributed by atoms with Crippen LogP contribution >= 0.6 is 0 Å². The van der Waals surface area contributed by atoms with Gasteiger partial charge in [0.25, 0.3) is 0 Å². The molecule has 5 aromatic carbocycles. The third-order valence-corrected chi connectivity index (χ3v) is 17.5. The zero-order chi connectivity index (χ0) is 54.2. The lowest BCUT2D eigenvalue weighted by Gasteiger charge is -2.57. The van der Waals surface area contributed by atoms with Crippen molar-refractivity contribution in [3.8, 4) is 5.75 Å². The molecule has 4 aliphatic carbocycles. The van der Waals surface area contributed by atoms with Crippen LogP contribution in [0.15, 0.2) is 157 Å². The Morgan fingerprint density at radius 2 is 1.34 bits per heavy atom. The van der Waals surface area contributed by atoms with Crippen LogP contribution in [-0.4, -0.2) is 78.4 Å². The van der Waals surface area contributed by atoms with Gasteiger partial charge in [-0.1, -0.05) is 159 Å². The Labute approximate surface area is 451 Å². The van der Waals surface area contributed by atoms with Crippen LogP contribution in [0.1, 0.15) is 106 Å². The highest BCUT2D eigenvalue weighted by molar-refractivity contribution is 5.95. The van der Waals surface area contributed by atoms with Gasteiger partial charge in [-0.2, -0.15) is 0 Å². The Morgan fingerprint density at radius 3 is 1.97 bits per heavy atom. The maximum absolute atomic E-state index is 14.5. The fraction of sp³-hybridized carbons (Fsp3) is 0.406. The van der Waals surface area contributed by atoms with E-state index in [2.05, 4.69) is 53.2 Å². The number of ketones is 3. The number of alkyl carbamates (subject to hydrolysis) is 1. The average molecular weight is 1040 g/mol. The number of allylic oxidation sites excluding steroid dienone is 2. The van der Waals surface area contributed by atoms with E-state index in [0.717, 1.165) is 39.1 Å². The predicted octanol–water partition coefficient (Wildman–Crippen LogP) is 9.32. The Bertz CT molecular complexity index is 2890. The van der Waals surface area contributed by atoms with E-state index >= 15 is 0 Å². The zero-order valence-electron chi connectivity index (χ0n) is 44.3. The zero-order valence-corrected chi connectivity index (χ0v) is 44.3. The molecule has 13 nitrogen and oxygen atoms in total. The van der Waals surface area contributed by atoms with Crippen molar-refractivity contribution >= 4 is 35.3 Å². The molecule has 3 saturated carbocycles. The van der Waals surface area contributed by atoms with Crippen molar-refractivity contribution in [1.82, 2.24) is 16.0 Å². The number of ether oxygens (including phenoxy) is 3. The molecule has 4 unspecified atom stereocenters. The molecule has 5 aromatic rings. The van der Waals surface area contributed by atoms with Crippen LogP contribution in [0.25, 0.3) is 0 Å². The Morgan fingerprint density at radius 1 is 0.727 bits per heavy atom. The number of carbonyl (C=O) groups is 6. The second-order valence-corrected chi connectivity index (χ2v) is 22.0. The minimum atomic E-state index is -1.95. The number of hydrogen-bond acceptors (Lipinski definition) is 11. The maximum Gasteiger partial charge on any atom is 0.408 e. The number of esters is 1. The highest BCUT2D eigenvalue weighted by atomic mass is 16.5. The van der Waals surface area contributed by atoms with Crippen LogP contribution in [-0.2, 0) is 52.0 Å². The van der Waals surface area contributed by atoms with Crippen LogP contribution in [0.2, 0.25) is 0 Å². The van der Waals surface area contributed by atoms with Crippen molar-refractivity contribution in [1.29, 1.82) is 0 Å². The molecular weight excluding hydrogens is 971 g/mol. The number of unbranched alkanes of at least 4 members (excludes halogenated alkanes) is 1. The second kappa shape index (κ2) is 23.6. The van der Waals surface area contributed by atoms with Gasteiger partial charge in [0.2, 0.25) is 11.7 Å². The summed E-state index contributed by atoms with van der Waals surface area (Å²) in [5.74, 6) is -1.88. The molecule has 8 atom stereocenters. The molecule has 0 saturated heterocycles. The summed E-state index contributed by atoms with van der Waals surface area (Å²) in [6.07, 6.45) is 5.04. The molecule has 0 bridgehead atoms. The molecule has 0 spiro atoms. The summed E-state index contributed by atoms with van der Waals surface area (Å²) in [5.41, 5.74) is 1.26. The topological polar surface area (TPSA) is 186 Å². The molecule has 4 aliphatic rings. The molecule has 402 valence electrons. The minimum absolute atomic E-state index is 0.00354. The van der Waals surface area contributed by atoms with Gasteiger partial charge >= 0.3 is 12.1 Å². The van der Waals surface area contributed by atoms with Gasteiger partial charge < -0.3 is 30.0 Å². The molecule has 0 aromatic heterocycles. The van der Waals surface area contributed by atoms with Crippen LogP contribution < -0.4 is 20.7 Å². The number of rotatable bonds is 21. The van der Waals surface area contributed by atoms with E-state index < -0.39 is 64.4 Å². The van der Waals surface area contributed by atoms with E-state index in [4.69, 9.17) is 14.2 Å². The van der Waals surface area contributed by atoms with Crippen molar-refractivity contribution < 1.29 is 48.1 Å². The molecule has 2 amide bonds. The van der Waals surface area contributed by atoms with E-state index in [1.54, 1.807) is 7.11 Å². The first-order valence-corrected chi connectivity index (χ1v) is 27.2. The number of nitrogens with one attached hydrogen (secondary N) is 3. The standard InChI is InChI=1S/C64H71N3O10/c1-61-35-33-49(68)39-48(61)29-32-51-52-34-36-63(74,62(52,2)40-55(69)57(51)61)56(70)42-76-59(72)53(66-58(71)54(38-43-18-8-4-9-19-43)67-60(73)77-41-44-20-10-5-11-21-44)26-16-17-37-65-64(45-22-12-6-13-23-45,46-24-14-7-15-25-46)47-27-30-50(75-3)31-28-47/h4-15,18-25,27-31,51-54,57,65,74H,16-17,26,32-42H2,1-3H3,(H,66,71)(H,67,73)/t51?,52?,53-,54?,57?,61-,62-,63-/m0/s1. The van der Waals surface area contributed by atoms with Gasteiger partial charge in [-0.25, -0.2) is 9.59 Å². The summed E-state index contributed by atoms with van der Waals surface area (Å²) in [7, 11) is 1.63. The van der Waals surface area contributed by atoms with Gasteiger partial charge in [-0.15, -0.1) is 0 Å². The van der Waals surface area contributed by atoms with Crippen LogP contribution in [0.5, 0.6) is 5.75 Å². The molecular formula is C64H71N3O10. The van der Waals surface area contributed by atoms with Crippen molar-refractivity contribution in [3.05, 3.63) is 185 Å². The fourth-order valence-electron chi connectivity index (χ4n) is 13.4. The first kappa shape index (κ1) is 54.6. The lowest BCUT2D eigenvalue weighted by Crippen LogP contribution is -2.61. The first-order chi connectivity index (χ1) is 37.2. The molecule has 4 N–H and O–H groups in total. The third kappa shape index (κ3) is 11.3. The Hall–Kier alpha value is -7.22. The van der Waals surface area contributed by atoms with E-state index in [9.17, 15) is 33.9 Å². The van der Waals surface area contributed by atoms with Crippen LogP contribution in [0.4, 0.5) is 4.79 Å². The third-order valence-electron chi connectivity index (χ3n) is 17.5. The van der Waals surface area contributed by atoms with Gasteiger partial charge in [0, 0.05) is 37.0 Å². The predicted molar refractivity (Wildman–Crippen MR) is 291 cm³/mol. The molecule has 77 heavy (non-hydrogen) atoms. The molecule has 9 rings (SSSR count). The van der Waals surface area contributed by atoms with E-state index in [1.165, 1.54) is 0 Å². The summed E-state index contributed by atoms with van der Waals surface area (Å²) in [6, 6.07) is 44.1. The lowest BCUT2D eigenvalue weighted by molar-refractivity contribution is -0.173. The Kier molecular flexibility index (Phi) is 16.7. The number of amides is 2. The van der Waals surface area contributed by atoms with E-state index in [1.807, 2.05) is 128 Å². The van der Waals surface area contributed by atoms with Crippen LogP contribution in [0.3, 0.4) is 0 Å². The first-order valence-electron chi connectivity index (χ1n) is 27.2. The lowest BCUT2D eigenvalue weighted by atomic mass is 9.46. The van der Waals surface area contributed by atoms with Crippen molar-refractivity contribution in [3.63, 3.8) is 0 Å². The average Bonchev–Trinajstić information content (AvgIpc) is 4.02. The number of fused-ring (bicyclic) bond motifs is 5. The summed E-state index contributed by atoms with van der Waals surface area (Å²) in [5, 5.41) is 22.0. The second-order valence-electron chi connectivity index (χ2n) is 22.0. The summed E-state index contributed by atoms with van der Waals surface area (Å²) in [6.45, 7) is 3.60. The number of carbonyl (C=O) groups excluding carboxylic acids is 6. The number of benzene rings is 5. The van der Waals surface area contributed by atoms with Crippen molar-refractivity contribution in [2.24, 2.45) is 28.6 Å². The highest BCUT2D eigenvalue weighted by Gasteiger charge is 2.68. The van der Waals surface area contributed by atoms with E-state index in [0.29, 0.717) is 51.5 Å². The number of methoxy groups -OCH3 is 1. The summed E-state index contributed by atoms with van der Waals surface area (Å²) < 4.78 is 16.9. The monoisotopic (exact) mass is 1040 g/mol. The van der Waals surface area contributed by atoms with Gasteiger partial charge in [0.05, 0.1) is 12.6 Å². The quantitative estimate of drug-likeness (QED) is 0.0238. The molecule has 0 radical (unpaired) electrons. The normalized spacial score (nSPS) is 24.4. The fourth-order valence-corrected chi connectivity index (χ4v) is 13.4. The SMILES string of the molecule is COc1ccc(C(NCCCC[C@H](NC(=O)C(Cc2ccccc2)NC(=O)OCc2ccccc2)C(=O)OCC(=O)[C@@]2(O)CCC3C4CC=C5CC(=O)CC[C@]5(C)C4C(=O)C[C@@]32C)(c2ccccc2)c2ccccc2)cc1. The number of Topliss-reactive ketones (excluding diaryl/α,β-unsaturated/α-hetero) is 3. The Balaban J connectivity index is 0.934. The minimum Gasteiger partial charge on any atom is -0.497 e. The smallest absolute Gasteiger partial charge is 0.408 e. The highest BCUT2D eigenvalue weighted by Crippen LogP contribution is 2.66. The van der Waals surface area contributed by atoms with Gasteiger partial charge in [-0.05, 0) is 109 Å². The molecule has 0 heterocycles. The molecule has 13 heteroatoms. The number of hydrogen-bond donors (Lipinski definition) is 4. The molecule has 0 aliphatic heterocycles. The maximum atomic E-state index is 14.5. The van der Waals surface area contributed by atoms with Crippen LogP contribution in [0, 0.1) is 28.6 Å². The van der Waals surface area contributed by atoms with Gasteiger partial charge in [0.15, 0.2) is 6.61 Å². The largest absolute Gasteiger partial charge is 0.497 e. The molecule has 3 fully saturated rings. The van der Waals surface area contributed by atoms with Crippen molar-refractivity contribution in [2.75, 3.05) is 20.3 Å². The summed E-state index contributed by atoms with van der Waals surface area (Å²) >= 11 is 0. The van der Waals surface area contributed by atoms with Gasteiger partial charge in [-0.3, -0.25) is 24.5 Å².